The predicted molar refractivity (Wildman–Crippen MR) is 77.8 cm³/mol. The minimum absolute atomic E-state index is 0.246. The van der Waals surface area contributed by atoms with Gasteiger partial charge in [-0.3, -0.25) is 14.6 Å². The molecule has 3 rings (SSSR count). The van der Waals surface area contributed by atoms with Gasteiger partial charge in [-0.15, -0.1) is 0 Å². The van der Waals surface area contributed by atoms with Gasteiger partial charge >= 0.3 is 0 Å². The van der Waals surface area contributed by atoms with Crippen LogP contribution in [0.25, 0.3) is 10.9 Å². The minimum Gasteiger partial charge on any atom is -0.348 e. The summed E-state index contributed by atoms with van der Waals surface area (Å²) in [5, 5.41) is 3.18. The molecule has 2 heterocycles. The quantitative estimate of drug-likeness (QED) is 0.755. The van der Waals surface area contributed by atoms with Crippen molar-refractivity contribution in [2.45, 2.75) is 6.54 Å². The van der Waals surface area contributed by atoms with Crippen molar-refractivity contribution in [3.8, 4) is 0 Å². The Balaban J connectivity index is 1.82. The lowest BCUT2D eigenvalue weighted by Gasteiger charge is -2.05. The van der Waals surface area contributed by atoms with E-state index in [4.69, 9.17) is 0 Å². The highest BCUT2D eigenvalue weighted by Gasteiger charge is 2.08. The van der Waals surface area contributed by atoms with E-state index in [9.17, 15) is 9.59 Å². The zero-order valence-corrected chi connectivity index (χ0v) is 11.0. The molecule has 0 unspecified atom stereocenters. The second kappa shape index (κ2) is 5.54. The van der Waals surface area contributed by atoms with Crippen molar-refractivity contribution in [3.63, 3.8) is 0 Å². The molecular formula is C15H12N4O2. The number of aromatic amines is 1. The van der Waals surface area contributed by atoms with Crippen LogP contribution in [-0.4, -0.2) is 20.9 Å². The van der Waals surface area contributed by atoms with E-state index in [0.29, 0.717) is 23.0 Å². The normalized spacial score (nSPS) is 10.5. The van der Waals surface area contributed by atoms with Gasteiger partial charge in [-0.05, 0) is 29.8 Å². The van der Waals surface area contributed by atoms with E-state index >= 15 is 0 Å². The molecule has 2 aromatic heterocycles. The molecule has 0 aliphatic carbocycles. The zero-order valence-electron chi connectivity index (χ0n) is 11.0. The maximum absolute atomic E-state index is 12.1. The number of H-pyrrole nitrogens is 1. The predicted octanol–water partition coefficient (Wildman–Crippen LogP) is 1.25. The molecule has 0 aliphatic heterocycles. The third-order valence-electron chi connectivity index (χ3n) is 3.08. The molecule has 104 valence electrons. The van der Waals surface area contributed by atoms with Gasteiger partial charge in [0.1, 0.15) is 0 Å². The molecule has 6 nitrogen and oxygen atoms in total. The molecule has 21 heavy (non-hydrogen) atoms. The van der Waals surface area contributed by atoms with Crippen LogP contribution in [0.3, 0.4) is 0 Å². The number of amides is 1. The fourth-order valence-corrected chi connectivity index (χ4v) is 2.00. The van der Waals surface area contributed by atoms with Crippen LogP contribution in [0.5, 0.6) is 0 Å². The summed E-state index contributed by atoms with van der Waals surface area (Å²) < 4.78 is 0. The molecule has 0 fully saturated rings. The number of carbonyl (C=O) groups is 1. The molecule has 3 aromatic rings. The number of nitrogens with one attached hydrogen (secondary N) is 2. The second-order valence-corrected chi connectivity index (χ2v) is 4.51. The molecule has 0 spiro atoms. The van der Waals surface area contributed by atoms with Gasteiger partial charge in [0, 0.05) is 24.5 Å². The van der Waals surface area contributed by atoms with Crippen molar-refractivity contribution in [2.24, 2.45) is 0 Å². The minimum atomic E-state index is -0.262. The van der Waals surface area contributed by atoms with E-state index in [0.717, 1.165) is 5.56 Å². The van der Waals surface area contributed by atoms with E-state index in [2.05, 4.69) is 20.3 Å². The summed E-state index contributed by atoms with van der Waals surface area (Å²) >= 11 is 0. The van der Waals surface area contributed by atoms with E-state index in [1.807, 2.05) is 12.1 Å². The van der Waals surface area contributed by atoms with Crippen LogP contribution in [0.1, 0.15) is 15.9 Å². The monoisotopic (exact) mass is 280 g/mol. The fraction of sp³-hybridized carbons (Fsp3) is 0.0667. The van der Waals surface area contributed by atoms with E-state index in [1.54, 1.807) is 30.6 Å². The summed E-state index contributed by atoms with van der Waals surface area (Å²) in [6, 6.07) is 8.53. The smallest absolute Gasteiger partial charge is 0.258 e. The number of rotatable bonds is 3. The Morgan fingerprint density at radius 1 is 1.29 bits per heavy atom. The number of hydrogen-bond donors (Lipinski definition) is 2. The van der Waals surface area contributed by atoms with Gasteiger partial charge in [-0.2, -0.15) is 0 Å². The van der Waals surface area contributed by atoms with Crippen molar-refractivity contribution in [1.29, 1.82) is 0 Å². The van der Waals surface area contributed by atoms with Gasteiger partial charge in [0.25, 0.3) is 11.5 Å². The van der Waals surface area contributed by atoms with Crippen molar-refractivity contribution >= 4 is 16.8 Å². The van der Waals surface area contributed by atoms with Gasteiger partial charge in [-0.1, -0.05) is 6.07 Å². The number of carbonyl (C=O) groups excluding carboxylic acids is 1. The summed E-state index contributed by atoms with van der Waals surface area (Å²) in [7, 11) is 0. The lowest BCUT2D eigenvalue weighted by Crippen LogP contribution is -2.23. The van der Waals surface area contributed by atoms with E-state index in [1.165, 1.54) is 6.33 Å². The largest absolute Gasteiger partial charge is 0.348 e. The highest BCUT2D eigenvalue weighted by atomic mass is 16.1. The standard InChI is InChI=1S/C15H12N4O2/c20-14(17-8-10-2-1-5-16-7-10)11-3-4-13-12(6-11)15(21)19-9-18-13/h1-7,9H,8H2,(H,17,20)(H,18,19,21). The van der Waals surface area contributed by atoms with Gasteiger partial charge in [-0.25, -0.2) is 4.98 Å². The maximum Gasteiger partial charge on any atom is 0.258 e. The van der Waals surface area contributed by atoms with Crippen LogP contribution < -0.4 is 10.9 Å². The Morgan fingerprint density at radius 3 is 3.00 bits per heavy atom. The lowest BCUT2D eigenvalue weighted by molar-refractivity contribution is 0.0951. The van der Waals surface area contributed by atoms with Crippen molar-refractivity contribution in [3.05, 3.63) is 70.5 Å². The molecule has 0 saturated heterocycles. The molecule has 2 N–H and O–H groups in total. The van der Waals surface area contributed by atoms with Gasteiger partial charge in [0.05, 0.1) is 17.2 Å². The summed E-state index contributed by atoms with van der Waals surface area (Å²) in [4.78, 5) is 34.3. The SMILES string of the molecule is O=C(NCc1cccnc1)c1ccc2nc[nH]c(=O)c2c1. The van der Waals surface area contributed by atoms with Crippen molar-refractivity contribution in [2.75, 3.05) is 0 Å². The Morgan fingerprint density at radius 2 is 2.19 bits per heavy atom. The number of hydrogen-bond acceptors (Lipinski definition) is 4. The first-order valence-corrected chi connectivity index (χ1v) is 6.38. The molecule has 0 saturated carbocycles. The summed E-state index contributed by atoms with van der Waals surface area (Å²) in [5.41, 5.74) is 1.63. The highest BCUT2D eigenvalue weighted by molar-refractivity contribution is 5.97. The molecule has 1 amide bonds. The maximum atomic E-state index is 12.1. The third kappa shape index (κ3) is 2.79. The fourth-order valence-electron chi connectivity index (χ4n) is 2.00. The number of pyridine rings is 1. The van der Waals surface area contributed by atoms with Gasteiger partial charge in [0.2, 0.25) is 0 Å². The van der Waals surface area contributed by atoms with Crippen LogP contribution in [0.2, 0.25) is 0 Å². The molecule has 0 radical (unpaired) electrons. The number of benzene rings is 1. The molecule has 6 heteroatoms. The summed E-state index contributed by atoms with van der Waals surface area (Å²) in [6.45, 7) is 0.383. The summed E-state index contributed by atoms with van der Waals surface area (Å²) in [5.74, 6) is -0.246. The first-order chi connectivity index (χ1) is 10.2. The number of fused-ring (bicyclic) bond motifs is 1. The summed E-state index contributed by atoms with van der Waals surface area (Å²) in [6.07, 6.45) is 4.70. The third-order valence-corrected chi connectivity index (χ3v) is 3.08. The molecular weight excluding hydrogens is 268 g/mol. The highest BCUT2D eigenvalue weighted by Crippen LogP contribution is 2.09. The van der Waals surface area contributed by atoms with Crippen LogP contribution in [0.4, 0.5) is 0 Å². The average molecular weight is 280 g/mol. The average Bonchev–Trinajstić information content (AvgIpc) is 2.54. The van der Waals surface area contributed by atoms with E-state index in [-0.39, 0.29) is 11.5 Å². The van der Waals surface area contributed by atoms with Crippen LogP contribution in [0, 0.1) is 0 Å². The Kier molecular flexibility index (Phi) is 3.42. The van der Waals surface area contributed by atoms with Crippen LogP contribution >= 0.6 is 0 Å². The van der Waals surface area contributed by atoms with E-state index < -0.39 is 0 Å². The van der Waals surface area contributed by atoms with Crippen LogP contribution in [-0.2, 0) is 6.54 Å². The van der Waals surface area contributed by atoms with Crippen molar-refractivity contribution < 1.29 is 4.79 Å². The molecule has 1 aromatic carbocycles. The zero-order chi connectivity index (χ0) is 14.7. The molecule has 0 atom stereocenters. The van der Waals surface area contributed by atoms with Gasteiger partial charge in [0.15, 0.2) is 0 Å². The number of nitrogens with zero attached hydrogens (tertiary/aromatic N) is 2. The first kappa shape index (κ1) is 13.0. The van der Waals surface area contributed by atoms with Crippen molar-refractivity contribution in [1.82, 2.24) is 20.3 Å². The Hall–Kier alpha value is -3.02. The topological polar surface area (TPSA) is 87.7 Å². The molecule has 0 bridgehead atoms. The lowest BCUT2D eigenvalue weighted by atomic mass is 10.1. The van der Waals surface area contributed by atoms with Crippen LogP contribution in [0.15, 0.2) is 53.8 Å². The Bertz CT molecular complexity index is 843. The van der Waals surface area contributed by atoms with Gasteiger partial charge < -0.3 is 10.3 Å². The first-order valence-electron chi connectivity index (χ1n) is 6.38. The molecule has 0 aliphatic rings. The second-order valence-electron chi connectivity index (χ2n) is 4.51. The number of aromatic nitrogens is 3. The Labute approximate surface area is 119 Å².